The van der Waals surface area contributed by atoms with E-state index in [0.29, 0.717) is 43.2 Å². The van der Waals surface area contributed by atoms with Gasteiger partial charge < -0.3 is 45.9 Å². The summed E-state index contributed by atoms with van der Waals surface area (Å²) in [6.45, 7) is 2.69. The Bertz CT molecular complexity index is 994. The summed E-state index contributed by atoms with van der Waals surface area (Å²) in [6.07, 6.45) is 7.36. The molecule has 0 aromatic rings. The molecule has 208 valence electrons. The maximum Gasteiger partial charge on any atom is 0.362 e. The van der Waals surface area contributed by atoms with Gasteiger partial charge in [-0.3, -0.25) is 0 Å². The molecule has 0 saturated heterocycles. The van der Waals surface area contributed by atoms with E-state index in [9.17, 15) is 24.6 Å². The van der Waals surface area contributed by atoms with Crippen LogP contribution in [0.5, 0.6) is 0 Å². The van der Waals surface area contributed by atoms with Crippen molar-refractivity contribution in [1.82, 2.24) is 0 Å². The molecule has 6 unspecified atom stereocenters. The van der Waals surface area contributed by atoms with Gasteiger partial charge in [-0.25, -0.2) is 9.59 Å². The van der Waals surface area contributed by atoms with Crippen LogP contribution in [0.2, 0.25) is 0 Å². The minimum absolute atomic E-state index is 0. The number of halogens is 1. The molecular formula is C28H42BrNO7. The van der Waals surface area contributed by atoms with Gasteiger partial charge in [0, 0.05) is 17.9 Å². The first-order valence-corrected chi connectivity index (χ1v) is 13.6. The lowest BCUT2D eigenvalue weighted by molar-refractivity contribution is -0.862. The van der Waals surface area contributed by atoms with Crippen LogP contribution in [0.3, 0.4) is 0 Å². The van der Waals surface area contributed by atoms with E-state index in [-0.39, 0.29) is 59.6 Å². The van der Waals surface area contributed by atoms with Crippen molar-refractivity contribution in [3.05, 3.63) is 11.6 Å². The van der Waals surface area contributed by atoms with Crippen LogP contribution in [-0.4, -0.2) is 84.5 Å². The summed E-state index contributed by atoms with van der Waals surface area (Å²) in [5, 5.41) is 24.3. The van der Waals surface area contributed by atoms with E-state index in [4.69, 9.17) is 9.47 Å². The van der Waals surface area contributed by atoms with Crippen LogP contribution >= 0.6 is 0 Å². The lowest BCUT2D eigenvalue weighted by Crippen LogP contribution is -3.00. The number of ether oxygens (including phenoxy) is 2. The molecule has 4 saturated carbocycles. The van der Waals surface area contributed by atoms with Crippen molar-refractivity contribution in [1.29, 1.82) is 0 Å². The normalized spacial score (nSPS) is 44.9. The number of hydrogen-bond acceptors (Lipinski definition) is 7. The van der Waals surface area contributed by atoms with Crippen LogP contribution in [0.4, 0.5) is 0 Å². The van der Waals surface area contributed by atoms with Crippen molar-refractivity contribution >= 4 is 18.2 Å². The second-order valence-electron chi connectivity index (χ2n) is 13.5. The highest BCUT2D eigenvalue weighted by molar-refractivity contribution is 5.85. The fourth-order valence-electron chi connectivity index (χ4n) is 9.03. The number of rotatable bonds is 5. The first kappa shape index (κ1) is 28.7. The maximum atomic E-state index is 12.9. The van der Waals surface area contributed by atoms with Crippen molar-refractivity contribution < 1.29 is 55.5 Å². The van der Waals surface area contributed by atoms with Gasteiger partial charge in [0.25, 0.3) is 0 Å². The molecule has 5 aliphatic rings. The highest BCUT2D eigenvalue weighted by atomic mass is 79.9. The topological polar surface area (TPSA) is 110 Å². The number of esters is 2. The molecule has 4 fully saturated rings. The highest BCUT2D eigenvalue weighted by Crippen LogP contribution is 2.70. The average molecular weight is 585 g/mol. The fourth-order valence-corrected chi connectivity index (χ4v) is 9.03. The van der Waals surface area contributed by atoms with Crippen LogP contribution in [0.1, 0.15) is 64.7 Å². The van der Waals surface area contributed by atoms with Crippen LogP contribution in [0.15, 0.2) is 11.6 Å². The van der Waals surface area contributed by atoms with Crippen molar-refractivity contribution in [3.63, 3.8) is 0 Å². The zero-order chi connectivity index (χ0) is 26.1. The van der Waals surface area contributed by atoms with E-state index >= 15 is 0 Å². The van der Waals surface area contributed by atoms with E-state index in [1.807, 2.05) is 21.1 Å². The number of carbonyl (C=O) groups excluding carboxylic acids is 3. The predicted octanol–water partition coefficient (Wildman–Crippen LogP) is -0.841. The molecule has 0 bridgehead atoms. The molecular weight excluding hydrogens is 542 g/mol. The molecule has 0 aromatic carbocycles. The number of nitrogens with zero attached hydrogens (tertiary/aromatic N) is 1. The van der Waals surface area contributed by atoms with Gasteiger partial charge in [-0.1, -0.05) is 6.92 Å². The SMILES string of the molecule is CC12CC[C@H]3[C@@H](CCC4(O)CC(OC(=O)C[N+](C)(C)C)CCC34C=O)C1(O)CCC2C1=CC(=O)OC1.[Br-]. The molecule has 8 atom stereocenters. The molecule has 4 aliphatic carbocycles. The number of likely N-dealkylation sites (N-methyl/N-ethyl adjacent to an activating group) is 1. The highest BCUT2D eigenvalue weighted by Gasteiger charge is 2.71. The van der Waals surface area contributed by atoms with Gasteiger partial charge >= 0.3 is 11.9 Å². The Morgan fingerprint density at radius 2 is 1.81 bits per heavy atom. The second kappa shape index (κ2) is 9.42. The summed E-state index contributed by atoms with van der Waals surface area (Å²) in [5.74, 6) is -0.725. The number of cyclic esters (lactones) is 1. The molecule has 1 heterocycles. The summed E-state index contributed by atoms with van der Waals surface area (Å²) in [7, 11) is 5.78. The van der Waals surface area contributed by atoms with Gasteiger partial charge in [-0.15, -0.1) is 0 Å². The average Bonchev–Trinajstić information content (AvgIpc) is 3.31. The number of aldehydes is 1. The lowest BCUT2D eigenvalue weighted by Gasteiger charge is -2.65. The van der Waals surface area contributed by atoms with Crippen molar-refractivity contribution in [3.8, 4) is 0 Å². The summed E-state index contributed by atoms with van der Waals surface area (Å²) in [4.78, 5) is 37.1. The number of aliphatic hydroxyl groups is 2. The molecule has 2 N–H and O–H groups in total. The van der Waals surface area contributed by atoms with E-state index in [0.717, 1.165) is 31.1 Å². The molecule has 0 amide bonds. The molecule has 37 heavy (non-hydrogen) atoms. The van der Waals surface area contributed by atoms with E-state index in [2.05, 4.69) is 6.92 Å². The van der Waals surface area contributed by atoms with Crippen LogP contribution in [0.25, 0.3) is 0 Å². The first-order chi connectivity index (χ1) is 16.8. The van der Waals surface area contributed by atoms with Gasteiger partial charge in [-0.05, 0) is 74.7 Å². The predicted molar refractivity (Wildman–Crippen MR) is 130 cm³/mol. The zero-order valence-electron chi connectivity index (χ0n) is 22.5. The monoisotopic (exact) mass is 583 g/mol. The fraction of sp³-hybridized carbons (Fsp3) is 0.821. The standard InChI is InChI=1S/C28H42NO7.BrH/c1-25-9-6-21-22(28(25,34)12-8-20(25)18-13-23(31)35-16-18)7-11-27(33)14-19(5-10-26(21,27)17-30)36-24(32)15-29(2,3)4;/h13,17,19-22,33-34H,5-12,14-16H2,1-4H3;1H/q+1;/p-1/t19?,20?,21-,22+,25?,26?,27?,28?;/m0./s1. The third-order valence-corrected chi connectivity index (χ3v) is 10.7. The molecule has 5 rings (SSSR count). The third-order valence-electron chi connectivity index (χ3n) is 10.7. The Balaban J connectivity index is 0.00000320. The molecule has 0 spiro atoms. The molecule has 8 nitrogen and oxygen atoms in total. The van der Waals surface area contributed by atoms with Gasteiger partial charge in [0.05, 0.1) is 37.8 Å². The maximum absolute atomic E-state index is 12.9. The summed E-state index contributed by atoms with van der Waals surface area (Å²) in [5.41, 5.74) is -2.57. The van der Waals surface area contributed by atoms with Crippen molar-refractivity contribution in [2.24, 2.45) is 28.6 Å². The third kappa shape index (κ3) is 4.32. The summed E-state index contributed by atoms with van der Waals surface area (Å²) < 4.78 is 11.4. The number of hydrogen-bond donors (Lipinski definition) is 2. The number of carbonyl (C=O) groups is 3. The summed E-state index contributed by atoms with van der Waals surface area (Å²) >= 11 is 0. The lowest BCUT2D eigenvalue weighted by atomic mass is 9.41. The Labute approximate surface area is 230 Å². The quantitative estimate of drug-likeness (QED) is 0.247. The van der Waals surface area contributed by atoms with Crippen LogP contribution < -0.4 is 17.0 Å². The Morgan fingerprint density at radius 1 is 1.11 bits per heavy atom. The Kier molecular flexibility index (Phi) is 7.31. The molecule has 9 heteroatoms. The molecule has 1 aliphatic heterocycles. The minimum Gasteiger partial charge on any atom is -1.00 e. The largest absolute Gasteiger partial charge is 1.00 e. The van der Waals surface area contributed by atoms with Gasteiger partial charge in [0.1, 0.15) is 19.0 Å². The minimum atomic E-state index is -1.24. The molecule has 0 radical (unpaired) electrons. The second-order valence-corrected chi connectivity index (χ2v) is 13.5. The zero-order valence-corrected chi connectivity index (χ0v) is 24.1. The van der Waals surface area contributed by atoms with Crippen LogP contribution in [0, 0.1) is 28.6 Å². The summed E-state index contributed by atoms with van der Waals surface area (Å²) in [6, 6.07) is 0. The van der Waals surface area contributed by atoms with Crippen molar-refractivity contribution in [2.75, 3.05) is 34.3 Å². The number of quaternary nitrogens is 1. The first-order valence-electron chi connectivity index (χ1n) is 13.6. The molecule has 0 aromatic heterocycles. The van der Waals surface area contributed by atoms with Crippen LogP contribution in [-0.2, 0) is 23.9 Å². The van der Waals surface area contributed by atoms with E-state index < -0.39 is 28.1 Å². The van der Waals surface area contributed by atoms with Gasteiger partial charge in [0.15, 0.2) is 6.54 Å². The Morgan fingerprint density at radius 3 is 2.43 bits per heavy atom. The van der Waals surface area contributed by atoms with E-state index in [1.54, 1.807) is 6.08 Å². The Hall–Kier alpha value is -1.29. The van der Waals surface area contributed by atoms with Crippen molar-refractivity contribution in [2.45, 2.75) is 82.0 Å². The van der Waals surface area contributed by atoms with Gasteiger partial charge in [-0.2, -0.15) is 0 Å². The number of fused-ring (bicyclic) bond motifs is 5. The van der Waals surface area contributed by atoms with E-state index in [1.165, 1.54) is 0 Å². The van der Waals surface area contributed by atoms with Gasteiger partial charge in [0.2, 0.25) is 0 Å². The smallest absolute Gasteiger partial charge is 0.362 e.